The molecule has 0 unspecified atom stereocenters. The van der Waals surface area contributed by atoms with Gasteiger partial charge in [0.25, 0.3) is 0 Å². The van der Waals surface area contributed by atoms with Crippen LogP contribution in [0.1, 0.15) is 37.8 Å². The number of hydrogen-bond donors (Lipinski definition) is 1. The normalized spacial score (nSPS) is 10.9. The second-order valence-electron chi connectivity index (χ2n) is 4.98. The summed E-state index contributed by atoms with van der Waals surface area (Å²) in [6, 6.07) is 14.5. The Kier molecular flexibility index (Phi) is 3.71. The Hall–Kier alpha value is -1.76. The van der Waals surface area contributed by atoms with Crippen molar-refractivity contribution in [2.75, 3.05) is 0 Å². The zero-order valence-electron chi connectivity index (χ0n) is 11.3. The molecule has 2 rings (SSSR count). The molecule has 0 amide bonds. The van der Waals surface area contributed by atoms with Crippen LogP contribution in [-0.4, -0.2) is 5.11 Å². The third-order valence-electron chi connectivity index (χ3n) is 3.35. The summed E-state index contributed by atoms with van der Waals surface area (Å²) in [5.41, 5.74) is 4.56. The quantitative estimate of drug-likeness (QED) is 0.821. The van der Waals surface area contributed by atoms with Crippen molar-refractivity contribution in [2.24, 2.45) is 0 Å². The molecule has 1 heteroatoms. The number of rotatable bonds is 3. The molecule has 2 aromatic rings. The summed E-state index contributed by atoms with van der Waals surface area (Å²) in [4.78, 5) is 0. The molecule has 0 aliphatic heterocycles. The predicted molar refractivity (Wildman–Crippen MR) is 77.0 cm³/mol. The van der Waals surface area contributed by atoms with E-state index >= 15 is 0 Å². The first kappa shape index (κ1) is 12.7. The van der Waals surface area contributed by atoms with Crippen LogP contribution in [0.4, 0.5) is 0 Å². The van der Waals surface area contributed by atoms with Crippen molar-refractivity contribution in [3.63, 3.8) is 0 Å². The Bertz CT molecular complexity index is 524. The molecule has 0 bridgehead atoms. The van der Waals surface area contributed by atoms with Crippen molar-refractivity contribution in [3.05, 3.63) is 53.6 Å². The third-order valence-corrected chi connectivity index (χ3v) is 3.35. The maximum absolute atomic E-state index is 10.0. The molecule has 0 spiro atoms. The lowest BCUT2D eigenvalue weighted by molar-refractivity contribution is 0.465. The average molecular weight is 240 g/mol. The van der Waals surface area contributed by atoms with Crippen LogP contribution in [0.15, 0.2) is 42.5 Å². The highest BCUT2D eigenvalue weighted by Gasteiger charge is 2.07. The number of benzene rings is 2. The van der Waals surface area contributed by atoms with Crippen LogP contribution < -0.4 is 0 Å². The van der Waals surface area contributed by atoms with Crippen molar-refractivity contribution in [3.8, 4) is 16.9 Å². The summed E-state index contributed by atoms with van der Waals surface area (Å²) < 4.78 is 0. The van der Waals surface area contributed by atoms with Crippen LogP contribution in [0.2, 0.25) is 0 Å². The minimum Gasteiger partial charge on any atom is -0.508 e. The standard InChI is InChI=1S/C17H20O/c1-4-13-5-7-14(8-6-13)15-9-10-16(12(2)3)17(18)11-15/h5-12,18H,4H2,1-3H3. The molecule has 0 radical (unpaired) electrons. The largest absolute Gasteiger partial charge is 0.508 e. The number of aryl methyl sites for hydroxylation is 1. The highest BCUT2D eigenvalue weighted by Crippen LogP contribution is 2.30. The zero-order valence-corrected chi connectivity index (χ0v) is 11.3. The molecule has 0 fully saturated rings. The number of aromatic hydroxyl groups is 1. The first-order chi connectivity index (χ1) is 8.61. The van der Waals surface area contributed by atoms with Gasteiger partial charge in [-0.2, -0.15) is 0 Å². The van der Waals surface area contributed by atoms with E-state index in [0.29, 0.717) is 11.7 Å². The Balaban J connectivity index is 2.36. The molecule has 2 aromatic carbocycles. The van der Waals surface area contributed by atoms with Gasteiger partial charge in [-0.1, -0.05) is 57.2 Å². The highest BCUT2D eigenvalue weighted by molar-refractivity contribution is 5.66. The molecule has 0 saturated carbocycles. The van der Waals surface area contributed by atoms with E-state index in [4.69, 9.17) is 0 Å². The van der Waals surface area contributed by atoms with Gasteiger partial charge in [-0.3, -0.25) is 0 Å². The second kappa shape index (κ2) is 5.26. The van der Waals surface area contributed by atoms with Crippen molar-refractivity contribution < 1.29 is 5.11 Å². The minimum atomic E-state index is 0.349. The molecule has 0 atom stereocenters. The maximum atomic E-state index is 10.0. The summed E-state index contributed by atoms with van der Waals surface area (Å²) in [7, 11) is 0. The van der Waals surface area contributed by atoms with E-state index < -0.39 is 0 Å². The SMILES string of the molecule is CCc1ccc(-c2ccc(C(C)C)c(O)c2)cc1. The number of phenolic OH excluding ortho intramolecular Hbond substituents is 1. The zero-order chi connectivity index (χ0) is 13.1. The lowest BCUT2D eigenvalue weighted by Gasteiger charge is -2.10. The fraction of sp³-hybridized carbons (Fsp3) is 0.294. The van der Waals surface area contributed by atoms with Gasteiger partial charge in [0, 0.05) is 0 Å². The monoisotopic (exact) mass is 240 g/mol. The highest BCUT2D eigenvalue weighted by atomic mass is 16.3. The van der Waals surface area contributed by atoms with Crippen LogP contribution in [0.25, 0.3) is 11.1 Å². The maximum Gasteiger partial charge on any atom is 0.119 e. The lowest BCUT2D eigenvalue weighted by atomic mass is 9.97. The van der Waals surface area contributed by atoms with Crippen molar-refractivity contribution in [1.82, 2.24) is 0 Å². The van der Waals surface area contributed by atoms with Crippen molar-refractivity contribution in [2.45, 2.75) is 33.1 Å². The molecule has 1 nitrogen and oxygen atoms in total. The summed E-state index contributed by atoms with van der Waals surface area (Å²) in [5.74, 6) is 0.739. The van der Waals surface area contributed by atoms with Crippen LogP contribution in [0, 0.1) is 0 Å². The summed E-state index contributed by atoms with van der Waals surface area (Å²) >= 11 is 0. The Morgan fingerprint density at radius 2 is 1.56 bits per heavy atom. The summed E-state index contributed by atoms with van der Waals surface area (Å²) in [6.07, 6.45) is 1.05. The number of hydrogen-bond acceptors (Lipinski definition) is 1. The first-order valence-electron chi connectivity index (χ1n) is 6.54. The number of phenols is 1. The Morgan fingerprint density at radius 1 is 0.944 bits per heavy atom. The molecular weight excluding hydrogens is 220 g/mol. The molecule has 0 aliphatic rings. The third kappa shape index (κ3) is 2.56. The minimum absolute atomic E-state index is 0.349. The van der Waals surface area contributed by atoms with Gasteiger partial charge in [-0.05, 0) is 40.7 Å². The topological polar surface area (TPSA) is 20.2 Å². The van der Waals surface area contributed by atoms with Crippen LogP contribution in [0.3, 0.4) is 0 Å². The van der Waals surface area contributed by atoms with Crippen molar-refractivity contribution >= 4 is 0 Å². The molecule has 18 heavy (non-hydrogen) atoms. The van der Waals surface area contributed by atoms with Gasteiger partial charge in [-0.15, -0.1) is 0 Å². The van der Waals surface area contributed by atoms with E-state index in [9.17, 15) is 5.11 Å². The first-order valence-corrected chi connectivity index (χ1v) is 6.54. The predicted octanol–water partition coefficient (Wildman–Crippen LogP) is 4.75. The molecule has 1 N–H and O–H groups in total. The van der Waals surface area contributed by atoms with Gasteiger partial charge in [0.05, 0.1) is 0 Å². The Labute approximate surface area is 109 Å². The second-order valence-corrected chi connectivity index (χ2v) is 4.98. The average Bonchev–Trinajstić information content (AvgIpc) is 2.38. The molecular formula is C17H20O. The van der Waals surface area contributed by atoms with Gasteiger partial charge in [0.1, 0.15) is 5.75 Å². The molecule has 0 saturated heterocycles. The van der Waals surface area contributed by atoms with Crippen LogP contribution in [-0.2, 0) is 6.42 Å². The molecule has 0 heterocycles. The fourth-order valence-electron chi connectivity index (χ4n) is 2.14. The van der Waals surface area contributed by atoms with E-state index in [1.165, 1.54) is 5.56 Å². The Morgan fingerprint density at radius 3 is 2.06 bits per heavy atom. The van der Waals surface area contributed by atoms with Gasteiger partial charge < -0.3 is 5.11 Å². The van der Waals surface area contributed by atoms with Gasteiger partial charge in [0.2, 0.25) is 0 Å². The smallest absolute Gasteiger partial charge is 0.119 e. The molecule has 0 aliphatic carbocycles. The van der Waals surface area contributed by atoms with Gasteiger partial charge >= 0.3 is 0 Å². The van der Waals surface area contributed by atoms with E-state index in [1.54, 1.807) is 0 Å². The van der Waals surface area contributed by atoms with Crippen molar-refractivity contribution in [1.29, 1.82) is 0 Å². The van der Waals surface area contributed by atoms with Crippen LogP contribution >= 0.6 is 0 Å². The van der Waals surface area contributed by atoms with Gasteiger partial charge in [-0.25, -0.2) is 0 Å². The van der Waals surface area contributed by atoms with E-state index in [2.05, 4.69) is 51.1 Å². The van der Waals surface area contributed by atoms with Gasteiger partial charge in [0.15, 0.2) is 0 Å². The fourth-order valence-corrected chi connectivity index (χ4v) is 2.14. The molecule has 0 aromatic heterocycles. The summed E-state index contributed by atoms with van der Waals surface area (Å²) in [6.45, 7) is 6.33. The lowest BCUT2D eigenvalue weighted by Crippen LogP contribution is -1.89. The van der Waals surface area contributed by atoms with E-state index in [1.807, 2.05) is 12.1 Å². The van der Waals surface area contributed by atoms with E-state index in [0.717, 1.165) is 23.1 Å². The molecule has 94 valence electrons. The summed E-state index contributed by atoms with van der Waals surface area (Å²) in [5, 5.41) is 10.0. The van der Waals surface area contributed by atoms with E-state index in [-0.39, 0.29) is 0 Å². The van der Waals surface area contributed by atoms with Crippen LogP contribution in [0.5, 0.6) is 5.75 Å².